The number of ketones is 1. The normalized spacial score (nSPS) is 15.0. The molecule has 1 saturated heterocycles. The molecule has 114 valence electrons. The maximum Gasteiger partial charge on any atom is 0.163 e. The van der Waals surface area contributed by atoms with Crippen LogP contribution in [0.2, 0.25) is 10.0 Å². The molecule has 21 heavy (non-hydrogen) atoms. The van der Waals surface area contributed by atoms with Crippen molar-refractivity contribution in [3.63, 3.8) is 0 Å². The van der Waals surface area contributed by atoms with Gasteiger partial charge in [0.05, 0.1) is 23.3 Å². The summed E-state index contributed by atoms with van der Waals surface area (Å²) in [7, 11) is 0. The van der Waals surface area contributed by atoms with Gasteiger partial charge in [-0.1, -0.05) is 47.2 Å². The Balaban J connectivity index is 1.78. The van der Waals surface area contributed by atoms with Crippen LogP contribution in [0.15, 0.2) is 18.2 Å². The number of benzene rings is 1. The Morgan fingerprint density at radius 2 is 2.00 bits per heavy atom. The van der Waals surface area contributed by atoms with Crippen molar-refractivity contribution in [2.45, 2.75) is 6.42 Å². The van der Waals surface area contributed by atoms with Gasteiger partial charge in [-0.2, -0.15) is 0 Å². The van der Waals surface area contributed by atoms with Gasteiger partial charge < -0.3 is 9.64 Å². The Bertz CT molecular complexity index is 534. The Morgan fingerprint density at radius 3 is 2.67 bits per heavy atom. The highest BCUT2D eigenvalue weighted by atomic mass is 35.5. The van der Waals surface area contributed by atoms with Crippen molar-refractivity contribution in [1.82, 2.24) is 4.90 Å². The molecule has 1 aromatic carbocycles. The van der Waals surface area contributed by atoms with Crippen molar-refractivity contribution >= 4 is 57.3 Å². The third-order valence-corrected chi connectivity index (χ3v) is 5.33. The number of Topliss-reactive ketones (excluding diaryl/α,β-unsaturated/α-hetero) is 1. The SMILES string of the molecule is O=C(CCSC(=S)N1CCOCC1)c1ccc(Cl)c(Cl)c1. The van der Waals surface area contributed by atoms with Crippen LogP contribution in [0.1, 0.15) is 16.8 Å². The smallest absolute Gasteiger partial charge is 0.163 e. The molecule has 0 aromatic heterocycles. The highest BCUT2D eigenvalue weighted by molar-refractivity contribution is 8.22. The van der Waals surface area contributed by atoms with Crippen molar-refractivity contribution in [1.29, 1.82) is 0 Å². The lowest BCUT2D eigenvalue weighted by atomic mass is 10.1. The number of thiocarbonyl (C=S) groups is 1. The van der Waals surface area contributed by atoms with E-state index in [1.165, 1.54) is 11.8 Å². The third kappa shape index (κ3) is 5.11. The molecule has 3 nitrogen and oxygen atoms in total. The van der Waals surface area contributed by atoms with Gasteiger partial charge in [0.1, 0.15) is 4.32 Å². The average Bonchev–Trinajstić information content (AvgIpc) is 2.50. The number of nitrogens with zero attached hydrogens (tertiary/aromatic N) is 1. The Labute approximate surface area is 143 Å². The van der Waals surface area contributed by atoms with Crippen LogP contribution in [0.5, 0.6) is 0 Å². The van der Waals surface area contributed by atoms with E-state index in [4.69, 9.17) is 40.2 Å². The van der Waals surface area contributed by atoms with Gasteiger partial charge in [-0.25, -0.2) is 0 Å². The molecule has 0 amide bonds. The largest absolute Gasteiger partial charge is 0.378 e. The molecule has 0 aliphatic carbocycles. The molecule has 7 heteroatoms. The summed E-state index contributed by atoms with van der Waals surface area (Å²) in [6, 6.07) is 4.95. The minimum absolute atomic E-state index is 0.0471. The minimum atomic E-state index is 0.0471. The number of hydrogen-bond donors (Lipinski definition) is 0. The predicted octanol–water partition coefficient (Wildman–Crippen LogP) is 3.92. The second-order valence-corrected chi connectivity index (χ2v) is 7.06. The lowest BCUT2D eigenvalue weighted by molar-refractivity contribution is 0.0702. The number of rotatable bonds is 4. The summed E-state index contributed by atoms with van der Waals surface area (Å²) in [5.74, 6) is 0.709. The van der Waals surface area contributed by atoms with Gasteiger partial charge in [-0.05, 0) is 18.2 Å². The number of carbonyl (C=O) groups excluding carboxylic acids is 1. The average molecular weight is 364 g/mol. The number of thioether (sulfide) groups is 1. The van der Waals surface area contributed by atoms with E-state index in [0.29, 0.717) is 41.0 Å². The van der Waals surface area contributed by atoms with Gasteiger partial charge in [-0.15, -0.1) is 0 Å². The molecular weight excluding hydrogens is 349 g/mol. The summed E-state index contributed by atoms with van der Waals surface area (Å²) in [5.41, 5.74) is 0.585. The fraction of sp³-hybridized carbons (Fsp3) is 0.429. The molecule has 1 fully saturated rings. The molecule has 0 N–H and O–H groups in total. The van der Waals surface area contributed by atoms with Crippen LogP contribution in [0.25, 0.3) is 0 Å². The van der Waals surface area contributed by atoms with E-state index in [1.807, 2.05) is 0 Å². The number of ether oxygens (including phenoxy) is 1. The van der Waals surface area contributed by atoms with E-state index in [-0.39, 0.29) is 5.78 Å². The van der Waals surface area contributed by atoms with E-state index in [9.17, 15) is 4.79 Å². The van der Waals surface area contributed by atoms with Gasteiger partial charge in [0.2, 0.25) is 0 Å². The first-order valence-corrected chi connectivity index (χ1v) is 8.70. The molecule has 1 aromatic rings. The van der Waals surface area contributed by atoms with Crippen LogP contribution in [0, 0.1) is 0 Å². The second kappa shape index (κ2) is 8.34. The van der Waals surface area contributed by atoms with Crippen LogP contribution in [-0.4, -0.2) is 47.1 Å². The van der Waals surface area contributed by atoms with E-state index in [0.717, 1.165) is 17.4 Å². The first kappa shape index (κ1) is 17.0. The number of morpholine rings is 1. The van der Waals surface area contributed by atoms with E-state index in [1.54, 1.807) is 18.2 Å². The molecule has 0 spiro atoms. The minimum Gasteiger partial charge on any atom is -0.378 e. The Hall–Kier alpha value is -0.330. The zero-order valence-corrected chi connectivity index (χ0v) is 14.5. The zero-order chi connectivity index (χ0) is 15.2. The fourth-order valence-electron chi connectivity index (χ4n) is 1.88. The Kier molecular flexibility index (Phi) is 6.76. The van der Waals surface area contributed by atoms with Crippen LogP contribution in [0.3, 0.4) is 0 Å². The van der Waals surface area contributed by atoms with Crippen molar-refractivity contribution in [3.8, 4) is 0 Å². The number of carbonyl (C=O) groups is 1. The van der Waals surface area contributed by atoms with Crippen LogP contribution >= 0.6 is 47.2 Å². The van der Waals surface area contributed by atoms with E-state index >= 15 is 0 Å². The second-order valence-electron chi connectivity index (χ2n) is 4.52. The quantitative estimate of drug-likeness (QED) is 0.597. The topological polar surface area (TPSA) is 29.5 Å². The van der Waals surface area contributed by atoms with E-state index < -0.39 is 0 Å². The molecular formula is C14H15Cl2NO2S2. The summed E-state index contributed by atoms with van der Waals surface area (Å²) in [5, 5.41) is 0.857. The maximum absolute atomic E-state index is 12.1. The van der Waals surface area contributed by atoms with Gasteiger partial charge in [0.25, 0.3) is 0 Å². The summed E-state index contributed by atoms with van der Waals surface area (Å²) < 4.78 is 6.12. The Morgan fingerprint density at radius 1 is 1.29 bits per heavy atom. The van der Waals surface area contributed by atoms with Crippen molar-refractivity contribution in [3.05, 3.63) is 33.8 Å². The van der Waals surface area contributed by atoms with Crippen LogP contribution < -0.4 is 0 Å². The molecule has 0 atom stereocenters. The van der Waals surface area contributed by atoms with Gasteiger partial charge in [0, 0.05) is 30.8 Å². The molecule has 1 aliphatic rings. The third-order valence-electron chi connectivity index (χ3n) is 3.07. The van der Waals surface area contributed by atoms with Crippen LogP contribution in [0.4, 0.5) is 0 Å². The molecule has 0 radical (unpaired) electrons. The lowest BCUT2D eigenvalue weighted by Crippen LogP contribution is -2.38. The predicted molar refractivity (Wildman–Crippen MR) is 92.9 cm³/mol. The highest BCUT2D eigenvalue weighted by Crippen LogP contribution is 2.23. The summed E-state index contributed by atoms with van der Waals surface area (Å²) in [6.07, 6.45) is 0.424. The molecule has 1 aliphatic heterocycles. The van der Waals surface area contributed by atoms with E-state index in [2.05, 4.69) is 4.90 Å². The van der Waals surface area contributed by atoms with Gasteiger partial charge >= 0.3 is 0 Å². The number of hydrogen-bond acceptors (Lipinski definition) is 4. The monoisotopic (exact) mass is 363 g/mol. The first-order valence-electron chi connectivity index (χ1n) is 6.55. The zero-order valence-electron chi connectivity index (χ0n) is 11.3. The first-order chi connectivity index (χ1) is 10.1. The van der Waals surface area contributed by atoms with Crippen molar-refractivity contribution in [2.75, 3.05) is 32.1 Å². The maximum atomic E-state index is 12.1. The molecule has 0 bridgehead atoms. The molecule has 1 heterocycles. The van der Waals surface area contributed by atoms with Crippen molar-refractivity contribution in [2.24, 2.45) is 0 Å². The number of halogens is 2. The van der Waals surface area contributed by atoms with Gasteiger partial charge in [-0.3, -0.25) is 4.79 Å². The molecule has 2 rings (SSSR count). The summed E-state index contributed by atoms with van der Waals surface area (Å²) in [6.45, 7) is 3.07. The highest BCUT2D eigenvalue weighted by Gasteiger charge is 2.15. The molecule has 0 saturated carbocycles. The van der Waals surface area contributed by atoms with Crippen molar-refractivity contribution < 1.29 is 9.53 Å². The lowest BCUT2D eigenvalue weighted by Gasteiger charge is -2.28. The van der Waals surface area contributed by atoms with Gasteiger partial charge in [0.15, 0.2) is 5.78 Å². The summed E-state index contributed by atoms with van der Waals surface area (Å²) >= 11 is 18.7. The summed E-state index contributed by atoms with van der Waals surface area (Å²) in [4.78, 5) is 14.2. The molecule has 0 unspecified atom stereocenters. The standard InChI is InChI=1S/C14H15Cl2NO2S2/c15-11-2-1-10(9-12(11)16)13(18)3-8-21-14(20)17-4-6-19-7-5-17/h1-2,9H,3-8H2. The fourth-order valence-corrected chi connectivity index (χ4v) is 3.44. The van der Waals surface area contributed by atoms with Crippen LogP contribution in [-0.2, 0) is 4.74 Å².